The van der Waals surface area contributed by atoms with Gasteiger partial charge in [0, 0.05) is 31.6 Å². The highest BCUT2D eigenvalue weighted by molar-refractivity contribution is 7.99. The number of anilines is 1. The predicted molar refractivity (Wildman–Crippen MR) is 160 cm³/mol. The third-order valence-electron chi connectivity index (χ3n) is 7.98. The van der Waals surface area contributed by atoms with E-state index < -0.39 is 40.0 Å². The molecule has 6 rings (SSSR count). The quantitative estimate of drug-likeness (QED) is 0.315. The summed E-state index contributed by atoms with van der Waals surface area (Å²) in [5, 5.41) is 10.7. The van der Waals surface area contributed by atoms with E-state index in [2.05, 4.69) is 16.5 Å². The second kappa shape index (κ2) is 10.7. The van der Waals surface area contributed by atoms with Crippen LogP contribution in [0.5, 0.6) is 5.75 Å². The summed E-state index contributed by atoms with van der Waals surface area (Å²) in [5.74, 6) is -4.06. The van der Waals surface area contributed by atoms with Crippen molar-refractivity contribution < 1.29 is 23.1 Å². The van der Waals surface area contributed by atoms with Gasteiger partial charge in [-0.15, -0.1) is 11.8 Å². The highest BCUT2D eigenvalue weighted by atomic mass is 32.2. The number of piperazine rings is 1. The highest BCUT2D eigenvalue weighted by Crippen LogP contribution is 2.48. The standard InChI is InChI=1S/C31H28F3N5O3S/c1-5-20(41)37-11-12-38-17(13-37)14-43-29-23-28(24(33)22(25(29)34)21-18(32)7-6-8-19(21)40)39(31(42)36-30(23)38)27-16(4)9-10-35-26(27)15(2)3/h5-10,15,17,40H,1,11-14H2,2-4H3. The van der Waals surface area contributed by atoms with Crippen LogP contribution < -0.4 is 10.6 Å². The maximum atomic E-state index is 17.0. The van der Waals surface area contributed by atoms with Crippen LogP contribution in [-0.2, 0) is 4.79 Å². The first-order valence-corrected chi connectivity index (χ1v) is 14.8. The van der Waals surface area contributed by atoms with E-state index in [4.69, 9.17) is 0 Å². The Balaban J connectivity index is 1.76. The molecule has 0 bridgehead atoms. The van der Waals surface area contributed by atoms with E-state index in [1.165, 1.54) is 12.1 Å². The molecule has 1 atom stereocenters. The average molecular weight is 608 g/mol. The zero-order valence-corrected chi connectivity index (χ0v) is 24.5. The molecule has 1 amide bonds. The lowest BCUT2D eigenvalue weighted by atomic mass is 9.99. The minimum absolute atomic E-state index is 0.0334. The highest BCUT2D eigenvalue weighted by Gasteiger charge is 2.38. The minimum Gasteiger partial charge on any atom is -0.507 e. The molecule has 1 fully saturated rings. The van der Waals surface area contributed by atoms with Crippen LogP contribution in [0.1, 0.15) is 31.0 Å². The second-order valence-corrected chi connectivity index (χ2v) is 11.9. The number of phenolic OH excluding ortho intramolecular Hbond substituents is 1. The lowest BCUT2D eigenvalue weighted by Crippen LogP contribution is -2.56. The van der Waals surface area contributed by atoms with Gasteiger partial charge in [-0.2, -0.15) is 4.98 Å². The Bertz CT molecular complexity index is 1870. The first-order valence-electron chi connectivity index (χ1n) is 13.8. The van der Waals surface area contributed by atoms with Crippen LogP contribution in [0.3, 0.4) is 0 Å². The molecule has 0 aliphatic carbocycles. The first kappa shape index (κ1) is 28.8. The molecule has 0 spiro atoms. The second-order valence-electron chi connectivity index (χ2n) is 10.9. The molecule has 222 valence electrons. The molecule has 43 heavy (non-hydrogen) atoms. The number of halogens is 3. The molecule has 1 unspecified atom stereocenters. The molecule has 2 aliphatic rings. The van der Waals surface area contributed by atoms with Crippen molar-refractivity contribution in [1.82, 2.24) is 19.4 Å². The number of fused-ring (bicyclic) bond motifs is 2. The molecule has 1 saturated heterocycles. The molecule has 1 N–H and O–H groups in total. The maximum Gasteiger partial charge on any atom is 0.354 e. The van der Waals surface area contributed by atoms with Gasteiger partial charge < -0.3 is 14.9 Å². The normalized spacial score (nSPS) is 16.4. The van der Waals surface area contributed by atoms with Gasteiger partial charge in [0.25, 0.3) is 0 Å². The van der Waals surface area contributed by atoms with E-state index in [1.54, 1.807) is 24.1 Å². The molecular formula is C31H28F3N5O3S. The van der Waals surface area contributed by atoms with Crippen molar-refractivity contribution in [3.8, 4) is 22.6 Å². The van der Waals surface area contributed by atoms with Crippen LogP contribution in [0.2, 0.25) is 0 Å². The Morgan fingerprint density at radius 2 is 1.93 bits per heavy atom. The van der Waals surface area contributed by atoms with Crippen molar-refractivity contribution in [3.63, 3.8) is 0 Å². The third kappa shape index (κ3) is 4.46. The molecule has 0 radical (unpaired) electrons. The van der Waals surface area contributed by atoms with Crippen LogP contribution in [0, 0.1) is 24.4 Å². The summed E-state index contributed by atoms with van der Waals surface area (Å²) in [4.78, 5) is 38.7. The van der Waals surface area contributed by atoms with Crippen molar-refractivity contribution in [2.75, 3.05) is 30.3 Å². The number of benzene rings is 2. The van der Waals surface area contributed by atoms with Gasteiger partial charge in [-0.3, -0.25) is 14.3 Å². The minimum atomic E-state index is -1.21. The largest absolute Gasteiger partial charge is 0.507 e. The average Bonchev–Trinajstić information content (AvgIpc) is 3.13. The van der Waals surface area contributed by atoms with Gasteiger partial charge in [-0.05, 0) is 42.7 Å². The van der Waals surface area contributed by atoms with Crippen molar-refractivity contribution >= 4 is 34.4 Å². The van der Waals surface area contributed by atoms with Crippen molar-refractivity contribution in [2.24, 2.45) is 0 Å². The molecule has 0 saturated carbocycles. The molecule has 8 nitrogen and oxygen atoms in total. The number of aromatic hydroxyl groups is 1. The monoisotopic (exact) mass is 607 g/mol. The number of carbonyl (C=O) groups is 1. The fraction of sp³-hybridized carbons (Fsp3) is 0.290. The fourth-order valence-electron chi connectivity index (χ4n) is 5.97. The van der Waals surface area contributed by atoms with E-state index in [-0.39, 0.29) is 58.3 Å². The lowest BCUT2D eigenvalue weighted by Gasteiger charge is -2.41. The number of thioether (sulfide) groups is 1. The van der Waals surface area contributed by atoms with Crippen LogP contribution in [0.4, 0.5) is 19.0 Å². The molecule has 4 heterocycles. The van der Waals surface area contributed by atoms with E-state index in [9.17, 15) is 14.7 Å². The summed E-state index contributed by atoms with van der Waals surface area (Å²) in [6, 6.07) is 4.67. The molecule has 2 aliphatic heterocycles. The number of phenols is 1. The van der Waals surface area contributed by atoms with Crippen molar-refractivity contribution in [1.29, 1.82) is 0 Å². The summed E-state index contributed by atoms with van der Waals surface area (Å²) in [6.45, 7) is 9.87. The topological polar surface area (TPSA) is 91.6 Å². The van der Waals surface area contributed by atoms with Crippen LogP contribution in [0.15, 0.2) is 52.8 Å². The van der Waals surface area contributed by atoms with Crippen LogP contribution in [-0.4, -0.2) is 61.9 Å². The van der Waals surface area contributed by atoms with Gasteiger partial charge in [-0.25, -0.2) is 18.0 Å². The number of amides is 1. The van der Waals surface area contributed by atoms with Gasteiger partial charge in [0.05, 0.1) is 44.3 Å². The zero-order chi connectivity index (χ0) is 30.7. The number of hydrogen-bond acceptors (Lipinski definition) is 7. The van der Waals surface area contributed by atoms with Gasteiger partial charge >= 0.3 is 5.69 Å². The Morgan fingerprint density at radius 1 is 1.16 bits per heavy atom. The first-order chi connectivity index (χ1) is 20.5. The smallest absolute Gasteiger partial charge is 0.354 e. The molecule has 12 heteroatoms. The van der Waals surface area contributed by atoms with Gasteiger partial charge in [0.1, 0.15) is 23.2 Å². The maximum absolute atomic E-state index is 17.0. The zero-order valence-electron chi connectivity index (χ0n) is 23.7. The van der Waals surface area contributed by atoms with E-state index in [1.807, 2.05) is 18.7 Å². The summed E-state index contributed by atoms with van der Waals surface area (Å²) < 4.78 is 49.9. The number of aromatic nitrogens is 3. The van der Waals surface area contributed by atoms with E-state index >= 15 is 13.2 Å². The Morgan fingerprint density at radius 3 is 2.63 bits per heavy atom. The summed E-state index contributed by atoms with van der Waals surface area (Å²) >= 11 is 1.07. The lowest BCUT2D eigenvalue weighted by molar-refractivity contribution is -0.126. The Hall–Kier alpha value is -4.32. The number of carbonyl (C=O) groups excluding carboxylic acids is 1. The van der Waals surface area contributed by atoms with Crippen LogP contribution in [0.25, 0.3) is 27.7 Å². The van der Waals surface area contributed by atoms with E-state index in [0.29, 0.717) is 23.5 Å². The molecule has 4 aromatic rings. The number of aryl methyl sites for hydroxylation is 1. The van der Waals surface area contributed by atoms with E-state index in [0.717, 1.165) is 28.5 Å². The van der Waals surface area contributed by atoms with Crippen LogP contribution >= 0.6 is 11.8 Å². The fourth-order valence-corrected chi connectivity index (χ4v) is 7.17. The van der Waals surface area contributed by atoms with Gasteiger partial charge in [-0.1, -0.05) is 26.5 Å². The molecule has 2 aromatic heterocycles. The summed E-state index contributed by atoms with van der Waals surface area (Å²) in [6.07, 6.45) is 2.81. The van der Waals surface area contributed by atoms with Gasteiger partial charge in [0.2, 0.25) is 5.91 Å². The summed E-state index contributed by atoms with van der Waals surface area (Å²) in [5.41, 5.74) is -1.15. The number of rotatable bonds is 4. The summed E-state index contributed by atoms with van der Waals surface area (Å²) in [7, 11) is 0. The predicted octanol–water partition coefficient (Wildman–Crippen LogP) is 5.31. The van der Waals surface area contributed by atoms with Crippen molar-refractivity contribution in [2.45, 2.75) is 37.6 Å². The SMILES string of the molecule is C=CC(=O)N1CCN2c3nc(=O)n(-c4c(C)ccnc4C(C)C)c4c(F)c(-c5c(O)cccc5F)c(F)c(c34)SCC2C1. The molecular weight excluding hydrogens is 579 g/mol. The molecule has 2 aromatic carbocycles. The number of pyridine rings is 1. The Kier molecular flexibility index (Phi) is 7.19. The third-order valence-corrected chi connectivity index (χ3v) is 9.20. The number of hydrogen-bond donors (Lipinski definition) is 1. The Labute approximate surface area is 249 Å². The van der Waals surface area contributed by atoms with Crippen molar-refractivity contribution in [3.05, 3.63) is 82.3 Å². The number of nitrogens with zero attached hydrogens (tertiary/aromatic N) is 5. The van der Waals surface area contributed by atoms with Gasteiger partial charge in [0.15, 0.2) is 5.82 Å².